The molecule has 3 aliphatic rings. The Kier molecular flexibility index (Phi) is 5.70. The number of aromatic nitrogens is 2. The number of nitrogens with one attached hydrogen (secondary N) is 1. The van der Waals surface area contributed by atoms with Crippen LogP contribution in [-0.2, 0) is 9.47 Å². The first-order valence-electron chi connectivity index (χ1n) is 10.8. The van der Waals surface area contributed by atoms with Crippen LogP contribution in [0.5, 0.6) is 5.88 Å². The molecule has 3 aliphatic heterocycles. The highest BCUT2D eigenvalue weighted by Gasteiger charge is 2.41. The van der Waals surface area contributed by atoms with E-state index in [1.807, 2.05) is 4.90 Å². The Morgan fingerprint density at radius 2 is 2.10 bits per heavy atom. The largest absolute Gasteiger partial charge is 0.479 e. The van der Waals surface area contributed by atoms with Crippen LogP contribution in [0.1, 0.15) is 43.6 Å². The summed E-state index contributed by atoms with van der Waals surface area (Å²) in [4.78, 5) is 23.3. The lowest BCUT2D eigenvalue weighted by molar-refractivity contribution is -0.000213. The number of likely N-dealkylation sites (tertiary alicyclic amines) is 1. The van der Waals surface area contributed by atoms with Gasteiger partial charge in [0, 0.05) is 43.9 Å². The van der Waals surface area contributed by atoms with E-state index in [1.165, 1.54) is 18.4 Å². The number of amides is 2. The maximum Gasteiger partial charge on any atom is 0.323 e. The lowest BCUT2D eigenvalue weighted by Gasteiger charge is -2.32. The zero-order valence-corrected chi connectivity index (χ0v) is 18.4. The van der Waals surface area contributed by atoms with Gasteiger partial charge in [-0.15, -0.1) is 0 Å². The van der Waals surface area contributed by atoms with Gasteiger partial charge in [-0.05, 0) is 38.0 Å². The molecule has 5 rings (SSSR count). The minimum atomic E-state index is -0.531. The molecular formula is C21H27FN4O4S. The van der Waals surface area contributed by atoms with Gasteiger partial charge in [0.15, 0.2) is 5.13 Å². The second kappa shape index (κ2) is 8.48. The zero-order valence-electron chi connectivity index (χ0n) is 17.6. The summed E-state index contributed by atoms with van der Waals surface area (Å²) in [5.41, 5.74) is 1.12. The molecule has 3 saturated heterocycles. The lowest BCUT2D eigenvalue weighted by Crippen LogP contribution is -2.38. The smallest absolute Gasteiger partial charge is 0.323 e. The number of anilines is 1. The molecule has 1 N–H and O–H groups in total. The van der Waals surface area contributed by atoms with E-state index in [0.717, 1.165) is 38.7 Å². The Bertz CT molecular complexity index is 972. The van der Waals surface area contributed by atoms with E-state index in [9.17, 15) is 9.18 Å². The van der Waals surface area contributed by atoms with E-state index in [1.54, 1.807) is 0 Å². The van der Waals surface area contributed by atoms with Crippen LogP contribution in [0.25, 0.3) is 10.2 Å². The van der Waals surface area contributed by atoms with Crippen molar-refractivity contribution in [1.82, 2.24) is 14.9 Å². The number of nitrogens with zero attached hydrogens (tertiary/aromatic N) is 3. The molecule has 0 radical (unpaired) electrons. The number of halogens is 1. The molecule has 2 aromatic rings. The molecule has 31 heavy (non-hydrogen) atoms. The van der Waals surface area contributed by atoms with Gasteiger partial charge < -0.3 is 19.1 Å². The quantitative estimate of drug-likeness (QED) is 0.717. The van der Waals surface area contributed by atoms with Crippen molar-refractivity contribution >= 4 is 32.7 Å². The zero-order chi connectivity index (χ0) is 21.4. The SMILES string of the molecule is COc1nc(F)c(C2CCOCC2)c2sc(NC(=O)N3CCC4(CCCOC4)C3)nc12. The third-order valence-corrected chi connectivity index (χ3v) is 7.67. The molecule has 5 heterocycles. The van der Waals surface area contributed by atoms with Crippen molar-refractivity contribution in [1.29, 1.82) is 0 Å². The number of ether oxygens (including phenoxy) is 3. The highest BCUT2D eigenvalue weighted by Crippen LogP contribution is 2.42. The third-order valence-electron chi connectivity index (χ3n) is 6.66. The summed E-state index contributed by atoms with van der Waals surface area (Å²) in [6, 6.07) is -0.179. The van der Waals surface area contributed by atoms with Gasteiger partial charge in [0.25, 0.3) is 0 Å². The van der Waals surface area contributed by atoms with Crippen LogP contribution in [0, 0.1) is 11.4 Å². The monoisotopic (exact) mass is 450 g/mol. The molecule has 1 spiro atoms. The Balaban J connectivity index is 1.39. The average Bonchev–Trinajstić information content (AvgIpc) is 3.39. The van der Waals surface area contributed by atoms with Crippen molar-refractivity contribution < 1.29 is 23.4 Å². The van der Waals surface area contributed by atoms with Crippen molar-refractivity contribution in [3.05, 3.63) is 11.5 Å². The number of carbonyl (C=O) groups excluding carboxylic acids is 1. The van der Waals surface area contributed by atoms with Crippen molar-refractivity contribution in [3.8, 4) is 5.88 Å². The van der Waals surface area contributed by atoms with Crippen LogP contribution in [0.2, 0.25) is 0 Å². The van der Waals surface area contributed by atoms with Gasteiger partial charge in [0.2, 0.25) is 11.8 Å². The van der Waals surface area contributed by atoms with Crippen molar-refractivity contribution in [2.75, 3.05) is 51.9 Å². The predicted octanol–water partition coefficient (Wildman–Crippen LogP) is 3.77. The molecule has 2 aromatic heterocycles. The summed E-state index contributed by atoms with van der Waals surface area (Å²) in [6.07, 6.45) is 4.56. The third kappa shape index (κ3) is 3.96. The first-order chi connectivity index (χ1) is 15.1. The highest BCUT2D eigenvalue weighted by molar-refractivity contribution is 7.22. The lowest BCUT2D eigenvalue weighted by atomic mass is 9.82. The van der Waals surface area contributed by atoms with Gasteiger partial charge in [0.1, 0.15) is 5.52 Å². The number of hydrogen-bond donors (Lipinski definition) is 1. The van der Waals surface area contributed by atoms with Crippen LogP contribution in [-0.4, -0.2) is 67.5 Å². The van der Waals surface area contributed by atoms with Crippen LogP contribution in [0.15, 0.2) is 0 Å². The molecule has 1 unspecified atom stereocenters. The molecule has 0 saturated carbocycles. The molecule has 8 nitrogen and oxygen atoms in total. The van der Waals surface area contributed by atoms with Gasteiger partial charge in [-0.2, -0.15) is 9.37 Å². The maximum atomic E-state index is 14.9. The van der Waals surface area contributed by atoms with Gasteiger partial charge in [0.05, 0.1) is 18.4 Å². The summed E-state index contributed by atoms with van der Waals surface area (Å²) in [6.45, 7) is 4.11. The van der Waals surface area contributed by atoms with E-state index >= 15 is 0 Å². The number of fused-ring (bicyclic) bond motifs is 1. The van der Waals surface area contributed by atoms with Crippen molar-refractivity contribution in [3.63, 3.8) is 0 Å². The Labute approximate surface area is 184 Å². The molecule has 0 bridgehead atoms. The first-order valence-corrected chi connectivity index (χ1v) is 11.7. The summed E-state index contributed by atoms with van der Waals surface area (Å²) in [5, 5.41) is 3.35. The van der Waals surface area contributed by atoms with E-state index in [4.69, 9.17) is 14.2 Å². The van der Waals surface area contributed by atoms with Crippen LogP contribution < -0.4 is 10.1 Å². The first kappa shape index (κ1) is 20.8. The minimum Gasteiger partial charge on any atom is -0.479 e. The number of carbonyl (C=O) groups is 1. The molecule has 0 aromatic carbocycles. The number of methoxy groups -OCH3 is 1. The summed E-state index contributed by atoms with van der Waals surface area (Å²) in [7, 11) is 1.45. The van der Waals surface area contributed by atoms with E-state index in [2.05, 4.69) is 15.3 Å². The van der Waals surface area contributed by atoms with Crippen molar-refractivity contribution in [2.24, 2.45) is 5.41 Å². The Hall–Kier alpha value is -2.04. The van der Waals surface area contributed by atoms with E-state index in [0.29, 0.717) is 53.8 Å². The molecule has 168 valence electrons. The summed E-state index contributed by atoms with van der Waals surface area (Å²) >= 11 is 1.28. The van der Waals surface area contributed by atoms with E-state index < -0.39 is 5.95 Å². The molecule has 3 fully saturated rings. The Morgan fingerprint density at radius 1 is 1.26 bits per heavy atom. The molecule has 0 aliphatic carbocycles. The number of pyridine rings is 1. The Morgan fingerprint density at radius 3 is 2.84 bits per heavy atom. The summed E-state index contributed by atoms with van der Waals surface area (Å²) < 4.78 is 32.0. The maximum absolute atomic E-state index is 14.9. The van der Waals surface area contributed by atoms with E-state index in [-0.39, 0.29) is 23.2 Å². The predicted molar refractivity (Wildman–Crippen MR) is 114 cm³/mol. The minimum absolute atomic E-state index is 0.0170. The fourth-order valence-electron chi connectivity index (χ4n) is 4.99. The van der Waals surface area contributed by atoms with Crippen molar-refractivity contribution in [2.45, 2.75) is 38.0 Å². The standard InChI is InChI=1S/C21H27FN4O4S/c1-28-18-15-16(14(17(22)24-18)13-3-9-29-10-4-13)31-19(23-15)25-20(27)26-7-6-21(11-26)5-2-8-30-12-21/h13H,2-12H2,1H3,(H,23,25,27). The topological polar surface area (TPSA) is 85.8 Å². The van der Waals surface area contributed by atoms with Crippen LogP contribution in [0.4, 0.5) is 14.3 Å². The second-order valence-corrected chi connectivity index (χ2v) is 9.67. The molecule has 1 atom stereocenters. The second-order valence-electron chi connectivity index (χ2n) is 8.67. The number of thiazole rings is 1. The van der Waals surface area contributed by atoms with Crippen LogP contribution >= 0.6 is 11.3 Å². The van der Waals surface area contributed by atoms with Gasteiger partial charge >= 0.3 is 6.03 Å². The summed E-state index contributed by atoms with van der Waals surface area (Å²) in [5.74, 6) is -0.375. The fourth-order valence-corrected chi connectivity index (χ4v) is 6.05. The molecule has 10 heteroatoms. The van der Waals surface area contributed by atoms with Gasteiger partial charge in [-0.25, -0.2) is 9.78 Å². The molecule has 2 amide bonds. The number of rotatable bonds is 3. The highest BCUT2D eigenvalue weighted by atomic mass is 32.1. The average molecular weight is 451 g/mol. The fraction of sp³-hybridized carbons (Fsp3) is 0.667. The van der Waals surface area contributed by atoms with Gasteiger partial charge in [-0.3, -0.25) is 5.32 Å². The normalized spacial score (nSPS) is 24.8. The number of hydrogen-bond acceptors (Lipinski definition) is 7. The molecular weight excluding hydrogens is 423 g/mol. The van der Waals surface area contributed by atoms with Crippen LogP contribution in [0.3, 0.4) is 0 Å². The number of urea groups is 1. The van der Waals surface area contributed by atoms with Gasteiger partial charge in [-0.1, -0.05) is 11.3 Å².